The summed E-state index contributed by atoms with van der Waals surface area (Å²) in [6, 6.07) is 0. The van der Waals surface area contributed by atoms with Crippen molar-refractivity contribution in [3.63, 3.8) is 0 Å². The fourth-order valence-corrected chi connectivity index (χ4v) is 2.20. The van der Waals surface area contributed by atoms with Crippen LogP contribution in [0, 0.1) is 5.92 Å². The highest BCUT2D eigenvalue weighted by Crippen LogP contribution is 2.14. The third-order valence-corrected chi connectivity index (χ3v) is 3.29. The van der Waals surface area contributed by atoms with Gasteiger partial charge in [0.05, 0.1) is 33.0 Å². The molecule has 0 aromatic rings. The predicted molar refractivity (Wildman–Crippen MR) is 71.7 cm³/mol. The lowest BCUT2D eigenvalue weighted by Crippen LogP contribution is -2.40. The van der Waals surface area contributed by atoms with Crippen molar-refractivity contribution in [1.29, 1.82) is 0 Å². The molecule has 2 N–H and O–H groups in total. The van der Waals surface area contributed by atoms with E-state index in [0.29, 0.717) is 32.3 Å². The Morgan fingerprint density at radius 2 is 1.83 bits per heavy atom. The molecule has 1 aliphatic heterocycles. The maximum atomic E-state index is 5.72. The Morgan fingerprint density at radius 1 is 1.11 bits per heavy atom. The van der Waals surface area contributed by atoms with Gasteiger partial charge in [-0.3, -0.25) is 0 Å². The van der Waals surface area contributed by atoms with E-state index in [1.807, 2.05) is 0 Å². The van der Waals surface area contributed by atoms with Gasteiger partial charge >= 0.3 is 0 Å². The van der Waals surface area contributed by atoms with Crippen LogP contribution in [0.3, 0.4) is 0 Å². The highest BCUT2D eigenvalue weighted by molar-refractivity contribution is 4.73. The second kappa shape index (κ2) is 10.7. The van der Waals surface area contributed by atoms with Crippen LogP contribution in [0.25, 0.3) is 0 Å². The Kier molecular flexibility index (Phi) is 9.42. The molecule has 1 atom stereocenters. The molecule has 18 heavy (non-hydrogen) atoms. The first-order valence-corrected chi connectivity index (χ1v) is 6.93. The topological polar surface area (TPSA) is 57.0 Å². The molecular formula is C13H28N2O3. The number of methoxy groups -OCH3 is 1. The van der Waals surface area contributed by atoms with Crippen molar-refractivity contribution in [3.05, 3.63) is 0 Å². The molecule has 1 fully saturated rings. The molecular weight excluding hydrogens is 232 g/mol. The van der Waals surface area contributed by atoms with Crippen LogP contribution in [0.4, 0.5) is 0 Å². The first kappa shape index (κ1) is 15.9. The summed E-state index contributed by atoms with van der Waals surface area (Å²) in [5, 5.41) is 0. The molecule has 0 amide bonds. The number of likely N-dealkylation sites (tertiary alicyclic amines) is 1. The van der Waals surface area contributed by atoms with Crippen LogP contribution >= 0.6 is 0 Å². The highest BCUT2D eigenvalue weighted by atomic mass is 16.5. The fourth-order valence-electron chi connectivity index (χ4n) is 2.20. The molecule has 5 nitrogen and oxygen atoms in total. The third kappa shape index (κ3) is 7.28. The van der Waals surface area contributed by atoms with Gasteiger partial charge in [-0.2, -0.15) is 0 Å². The predicted octanol–water partition coefficient (Wildman–Crippen LogP) is 0.337. The van der Waals surface area contributed by atoms with Gasteiger partial charge in [0.1, 0.15) is 0 Å². The van der Waals surface area contributed by atoms with E-state index in [-0.39, 0.29) is 0 Å². The molecule has 0 aromatic heterocycles. The molecule has 1 saturated heterocycles. The van der Waals surface area contributed by atoms with Gasteiger partial charge in [-0.05, 0) is 31.8 Å². The molecule has 0 aliphatic carbocycles. The van der Waals surface area contributed by atoms with Crippen LogP contribution in [0.1, 0.15) is 12.8 Å². The maximum Gasteiger partial charge on any atom is 0.0701 e. The Balaban J connectivity index is 1.88. The van der Waals surface area contributed by atoms with E-state index < -0.39 is 0 Å². The minimum atomic E-state index is 0.643. The molecule has 0 bridgehead atoms. The Morgan fingerprint density at radius 3 is 2.56 bits per heavy atom. The second-order valence-corrected chi connectivity index (χ2v) is 4.76. The molecule has 0 radical (unpaired) electrons. The molecule has 5 heteroatoms. The Hall–Kier alpha value is -0.200. The van der Waals surface area contributed by atoms with Crippen LogP contribution in [0.2, 0.25) is 0 Å². The van der Waals surface area contributed by atoms with Crippen molar-refractivity contribution in [1.82, 2.24) is 4.90 Å². The summed E-state index contributed by atoms with van der Waals surface area (Å²) in [5.74, 6) is 0.677. The van der Waals surface area contributed by atoms with Crippen LogP contribution in [0.5, 0.6) is 0 Å². The van der Waals surface area contributed by atoms with Gasteiger partial charge in [-0.15, -0.1) is 0 Å². The van der Waals surface area contributed by atoms with Gasteiger partial charge in [-0.1, -0.05) is 0 Å². The Bertz CT molecular complexity index is 193. The first-order chi connectivity index (χ1) is 8.86. The van der Waals surface area contributed by atoms with E-state index in [9.17, 15) is 0 Å². The summed E-state index contributed by atoms with van der Waals surface area (Å²) >= 11 is 0. The standard InChI is InChI=1S/C13H28N2O3/c1-16-7-8-18-10-9-17-6-5-15-4-2-3-13(11-14)12-15/h13H,2-12,14H2,1H3. The second-order valence-electron chi connectivity index (χ2n) is 4.76. The van der Waals surface area contributed by atoms with Crippen LogP contribution in [-0.4, -0.2) is 71.2 Å². The smallest absolute Gasteiger partial charge is 0.0701 e. The van der Waals surface area contributed by atoms with E-state index in [2.05, 4.69) is 4.90 Å². The average Bonchev–Trinajstić information content (AvgIpc) is 2.42. The molecule has 1 rings (SSSR count). The minimum absolute atomic E-state index is 0.643. The van der Waals surface area contributed by atoms with Gasteiger partial charge < -0.3 is 24.8 Å². The van der Waals surface area contributed by atoms with Crippen LogP contribution in [0.15, 0.2) is 0 Å². The van der Waals surface area contributed by atoms with Crippen molar-refractivity contribution >= 4 is 0 Å². The van der Waals surface area contributed by atoms with Crippen LogP contribution < -0.4 is 5.73 Å². The van der Waals surface area contributed by atoms with Crippen LogP contribution in [-0.2, 0) is 14.2 Å². The lowest BCUT2D eigenvalue weighted by atomic mass is 9.98. The van der Waals surface area contributed by atoms with Gasteiger partial charge in [0.25, 0.3) is 0 Å². The van der Waals surface area contributed by atoms with Gasteiger partial charge in [0.2, 0.25) is 0 Å². The highest BCUT2D eigenvalue weighted by Gasteiger charge is 2.17. The number of rotatable bonds is 10. The van der Waals surface area contributed by atoms with E-state index >= 15 is 0 Å². The number of nitrogens with zero attached hydrogens (tertiary/aromatic N) is 1. The fraction of sp³-hybridized carbons (Fsp3) is 1.00. The first-order valence-electron chi connectivity index (χ1n) is 6.93. The molecule has 0 aromatic carbocycles. The minimum Gasteiger partial charge on any atom is -0.382 e. The molecule has 1 aliphatic rings. The van der Waals surface area contributed by atoms with Crippen molar-refractivity contribution in [3.8, 4) is 0 Å². The van der Waals surface area contributed by atoms with E-state index in [4.69, 9.17) is 19.9 Å². The largest absolute Gasteiger partial charge is 0.382 e. The zero-order valence-corrected chi connectivity index (χ0v) is 11.6. The molecule has 0 saturated carbocycles. The van der Waals surface area contributed by atoms with Crippen molar-refractivity contribution in [2.75, 3.05) is 66.3 Å². The lowest BCUT2D eigenvalue weighted by molar-refractivity contribution is 0.0168. The molecule has 108 valence electrons. The quantitative estimate of drug-likeness (QED) is 0.574. The zero-order valence-electron chi connectivity index (χ0n) is 11.6. The molecule has 1 unspecified atom stereocenters. The van der Waals surface area contributed by atoms with E-state index in [1.54, 1.807) is 7.11 Å². The molecule has 1 heterocycles. The summed E-state index contributed by atoms with van der Waals surface area (Å²) in [4.78, 5) is 2.45. The number of nitrogens with two attached hydrogens (primary N) is 1. The maximum absolute atomic E-state index is 5.72. The van der Waals surface area contributed by atoms with Gasteiger partial charge in [0.15, 0.2) is 0 Å². The van der Waals surface area contributed by atoms with E-state index in [0.717, 1.165) is 26.2 Å². The summed E-state index contributed by atoms with van der Waals surface area (Å²) in [6.07, 6.45) is 2.54. The summed E-state index contributed by atoms with van der Waals surface area (Å²) in [6.45, 7) is 7.52. The normalized spacial score (nSPS) is 21.3. The van der Waals surface area contributed by atoms with Gasteiger partial charge in [-0.25, -0.2) is 0 Å². The van der Waals surface area contributed by atoms with Crippen molar-refractivity contribution in [2.24, 2.45) is 11.7 Å². The SMILES string of the molecule is COCCOCCOCCN1CCCC(CN)C1. The van der Waals surface area contributed by atoms with E-state index in [1.165, 1.54) is 19.4 Å². The van der Waals surface area contributed by atoms with Gasteiger partial charge in [0, 0.05) is 20.2 Å². The average molecular weight is 260 g/mol. The zero-order chi connectivity index (χ0) is 13.1. The summed E-state index contributed by atoms with van der Waals surface area (Å²) in [5.41, 5.74) is 5.72. The number of piperidine rings is 1. The number of hydrogen-bond donors (Lipinski definition) is 1. The monoisotopic (exact) mass is 260 g/mol. The number of hydrogen-bond acceptors (Lipinski definition) is 5. The third-order valence-electron chi connectivity index (χ3n) is 3.29. The summed E-state index contributed by atoms with van der Waals surface area (Å²) in [7, 11) is 1.67. The summed E-state index contributed by atoms with van der Waals surface area (Å²) < 4.78 is 15.8. The molecule has 0 spiro atoms. The van der Waals surface area contributed by atoms with Crippen molar-refractivity contribution in [2.45, 2.75) is 12.8 Å². The Labute approximate surface area is 111 Å². The number of ether oxygens (including phenoxy) is 3. The van der Waals surface area contributed by atoms with Crippen molar-refractivity contribution < 1.29 is 14.2 Å². The lowest BCUT2D eigenvalue weighted by Gasteiger charge is -2.31.